The number of benzene rings is 3. The smallest absolute Gasteiger partial charge is 0.338 e. The van der Waals surface area contributed by atoms with Gasteiger partial charge in [-0.2, -0.15) is 5.10 Å². The highest BCUT2D eigenvalue weighted by molar-refractivity contribution is 7.03. The molecule has 2 amide bonds. The summed E-state index contributed by atoms with van der Waals surface area (Å²) in [7, 11) is 0. The first kappa shape index (κ1) is 31.3. The predicted molar refractivity (Wildman–Crippen MR) is 180 cm³/mol. The van der Waals surface area contributed by atoms with E-state index in [1.54, 1.807) is 4.68 Å². The molecule has 1 fully saturated rings. The molecule has 3 N–H and O–H groups in total. The van der Waals surface area contributed by atoms with Crippen molar-refractivity contribution >= 4 is 39.8 Å². The maximum absolute atomic E-state index is 13.4. The highest BCUT2D eigenvalue weighted by atomic mass is 32.1. The van der Waals surface area contributed by atoms with Crippen LogP contribution >= 0.6 is 11.5 Å². The maximum Gasteiger partial charge on any atom is 0.338 e. The molecule has 0 atom stereocenters. The SMILES string of the molecule is CC(C)(C)c1cc(NC(=O)Nc2ccc(OCCN3CCOCC3)c3ccccc23)n(-c2ccc(Cn3sc(=O)[nH]c3=O)cc2)n1. The van der Waals surface area contributed by atoms with Gasteiger partial charge < -0.3 is 14.8 Å². The summed E-state index contributed by atoms with van der Waals surface area (Å²) in [6, 6.07) is 20.5. The minimum atomic E-state index is -0.433. The van der Waals surface area contributed by atoms with Gasteiger partial charge in [-0.15, -0.1) is 0 Å². The summed E-state index contributed by atoms with van der Waals surface area (Å²) >= 11 is 0.844. The van der Waals surface area contributed by atoms with Crippen LogP contribution in [-0.2, 0) is 16.7 Å². The molecule has 46 heavy (non-hydrogen) atoms. The van der Waals surface area contributed by atoms with Crippen LogP contribution in [-0.4, -0.2) is 69.1 Å². The third kappa shape index (κ3) is 7.22. The number of hydrogen-bond donors (Lipinski definition) is 3. The van der Waals surface area contributed by atoms with E-state index in [1.165, 1.54) is 3.96 Å². The zero-order valence-electron chi connectivity index (χ0n) is 26.0. The fourth-order valence-corrected chi connectivity index (χ4v) is 5.92. The van der Waals surface area contributed by atoms with Gasteiger partial charge in [0.2, 0.25) is 0 Å². The van der Waals surface area contributed by atoms with Crippen LogP contribution in [0.2, 0.25) is 0 Å². The lowest BCUT2D eigenvalue weighted by atomic mass is 9.92. The molecule has 5 aromatic rings. The number of H-pyrrole nitrogens is 1. The van der Waals surface area contributed by atoms with Gasteiger partial charge in [-0.1, -0.05) is 57.2 Å². The van der Waals surface area contributed by atoms with Gasteiger partial charge in [-0.3, -0.25) is 20.0 Å². The van der Waals surface area contributed by atoms with Crippen molar-refractivity contribution in [1.29, 1.82) is 0 Å². The molecule has 0 aliphatic carbocycles. The third-order valence-electron chi connectivity index (χ3n) is 7.76. The maximum atomic E-state index is 13.4. The van der Waals surface area contributed by atoms with Crippen molar-refractivity contribution in [3.8, 4) is 11.4 Å². The third-order valence-corrected chi connectivity index (χ3v) is 8.54. The molecule has 3 heterocycles. The number of urea groups is 1. The van der Waals surface area contributed by atoms with Crippen LogP contribution < -0.4 is 25.9 Å². The molecular formula is C33H37N7O5S. The number of amides is 2. The van der Waals surface area contributed by atoms with Gasteiger partial charge >= 0.3 is 16.6 Å². The summed E-state index contributed by atoms with van der Waals surface area (Å²) in [6.45, 7) is 11.1. The molecule has 0 spiro atoms. The van der Waals surface area contributed by atoms with Crippen LogP contribution in [0.4, 0.5) is 16.3 Å². The molecule has 0 unspecified atom stereocenters. The number of nitrogens with one attached hydrogen (secondary N) is 3. The van der Waals surface area contributed by atoms with Gasteiger partial charge in [0, 0.05) is 53.4 Å². The van der Waals surface area contributed by atoms with E-state index in [-0.39, 0.29) is 12.0 Å². The Hall–Kier alpha value is -4.72. The second-order valence-corrected chi connectivity index (χ2v) is 13.1. The van der Waals surface area contributed by atoms with Crippen molar-refractivity contribution < 1.29 is 14.3 Å². The Balaban J connectivity index is 1.19. The van der Waals surface area contributed by atoms with E-state index < -0.39 is 16.6 Å². The monoisotopic (exact) mass is 643 g/mol. The number of fused-ring (bicyclic) bond motifs is 1. The molecule has 1 aliphatic rings. The number of ether oxygens (including phenoxy) is 2. The zero-order valence-corrected chi connectivity index (χ0v) is 26.9. The van der Waals surface area contributed by atoms with E-state index in [9.17, 15) is 14.4 Å². The minimum absolute atomic E-state index is 0.265. The van der Waals surface area contributed by atoms with Gasteiger partial charge in [-0.25, -0.2) is 18.2 Å². The standard InChI is InChI=1S/C33H37N7O5S/c1-33(2,3)28-20-29(40(37-28)23-10-8-22(9-11-23)21-39-31(42)36-32(43)46-39)35-30(41)34-26-12-13-27(25-7-5-4-6-24(25)26)45-19-16-38-14-17-44-18-15-38/h4-13,20H,14-19,21H2,1-3H3,(H2,34,35,41)(H,36,42,43). The first-order valence-corrected chi connectivity index (χ1v) is 15.9. The van der Waals surface area contributed by atoms with Crippen molar-refractivity contribution in [3.05, 3.63) is 98.1 Å². The Morgan fingerprint density at radius 2 is 1.74 bits per heavy atom. The lowest BCUT2D eigenvalue weighted by Gasteiger charge is -2.26. The van der Waals surface area contributed by atoms with Crippen LogP contribution in [0.5, 0.6) is 5.75 Å². The van der Waals surface area contributed by atoms with Crippen molar-refractivity contribution in [1.82, 2.24) is 23.6 Å². The number of anilines is 2. The molecule has 0 bridgehead atoms. The van der Waals surface area contributed by atoms with Gasteiger partial charge in [0.15, 0.2) is 0 Å². The fraction of sp³-hybridized carbons (Fsp3) is 0.333. The van der Waals surface area contributed by atoms with Crippen LogP contribution in [0.25, 0.3) is 16.5 Å². The first-order valence-electron chi connectivity index (χ1n) is 15.2. The molecule has 12 nitrogen and oxygen atoms in total. The Morgan fingerprint density at radius 1 is 1.00 bits per heavy atom. The van der Waals surface area contributed by atoms with Crippen LogP contribution in [0.3, 0.4) is 0 Å². The van der Waals surface area contributed by atoms with E-state index in [2.05, 4.69) is 41.3 Å². The number of morpholine rings is 1. The summed E-state index contributed by atoms with van der Waals surface area (Å²) < 4.78 is 14.7. The van der Waals surface area contributed by atoms with E-state index in [4.69, 9.17) is 14.6 Å². The van der Waals surface area contributed by atoms with Crippen molar-refractivity contribution in [2.24, 2.45) is 0 Å². The normalized spacial score (nSPS) is 14.0. The molecule has 1 saturated heterocycles. The number of aromatic nitrogens is 4. The molecule has 240 valence electrons. The molecule has 6 rings (SSSR count). The topological polar surface area (TPSA) is 136 Å². The lowest BCUT2D eigenvalue weighted by Crippen LogP contribution is -2.38. The van der Waals surface area contributed by atoms with Gasteiger partial charge in [-0.05, 0) is 29.8 Å². The van der Waals surface area contributed by atoms with Crippen molar-refractivity contribution in [2.75, 3.05) is 50.1 Å². The van der Waals surface area contributed by atoms with E-state index in [1.807, 2.05) is 66.7 Å². The molecule has 3 aromatic carbocycles. The van der Waals surface area contributed by atoms with Crippen LogP contribution in [0.15, 0.2) is 76.3 Å². The van der Waals surface area contributed by atoms with E-state index in [0.29, 0.717) is 18.1 Å². The largest absolute Gasteiger partial charge is 0.492 e. The average molecular weight is 644 g/mol. The number of rotatable bonds is 9. The Kier molecular flexibility index (Phi) is 9.06. The molecule has 13 heteroatoms. The lowest BCUT2D eigenvalue weighted by molar-refractivity contribution is 0.0323. The first-order chi connectivity index (χ1) is 22.1. The summed E-state index contributed by atoms with van der Waals surface area (Å²) in [4.78, 5) is 41.1. The fourth-order valence-electron chi connectivity index (χ4n) is 5.25. The number of carbonyl (C=O) groups excluding carboxylic acids is 1. The second-order valence-electron chi connectivity index (χ2n) is 12.1. The number of aromatic amines is 1. The highest BCUT2D eigenvalue weighted by Crippen LogP contribution is 2.32. The quantitative estimate of drug-likeness (QED) is 0.213. The number of carbonyl (C=O) groups is 1. The summed E-state index contributed by atoms with van der Waals surface area (Å²) in [5, 5.41) is 12.6. The van der Waals surface area contributed by atoms with E-state index >= 15 is 0 Å². The van der Waals surface area contributed by atoms with Crippen molar-refractivity contribution in [2.45, 2.75) is 32.7 Å². The Morgan fingerprint density at radius 3 is 2.43 bits per heavy atom. The molecule has 2 aromatic heterocycles. The van der Waals surface area contributed by atoms with Crippen LogP contribution in [0, 0.1) is 0 Å². The van der Waals surface area contributed by atoms with Gasteiger partial charge in [0.05, 0.1) is 36.8 Å². The number of hydrogen-bond acceptors (Lipinski definition) is 8. The predicted octanol–water partition coefficient (Wildman–Crippen LogP) is 4.64. The van der Waals surface area contributed by atoms with Gasteiger partial charge in [0.25, 0.3) is 0 Å². The summed E-state index contributed by atoms with van der Waals surface area (Å²) in [6.07, 6.45) is 0. The Bertz CT molecular complexity index is 1950. The van der Waals surface area contributed by atoms with E-state index in [0.717, 1.165) is 77.8 Å². The summed E-state index contributed by atoms with van der Waals surface area (Å²) in [5.74, 6) is 1.27. The van der Waals surface area contributed by atoms with Crippen molar-refractivity contribution in [3.63, 3.8) is 0 Å². The zero-order chi connectivity index (χ0) is 32.3. The minimum Gasteiger partial charge on any atom is -0.492 e. The second kappa shape index (κ2) is 13.3. The average Bonchev–Trinajstić information content (AvgIpc) is 3.60. The number of nitrogens with zero attached hydrogens (tertiary/aromatic N) is 4. The highest BCUT2D eigenvalue weighted by Gasteiger charge is 2.22. The van der Waals surface area contributed by atoms with Crippen LogP contribution in [0.1, 0.15) is 32.0 Å². The molecule has 0 saturated carbocycles. The molecular weight excluding hydrogens is 606 g/mol. The van der Waals surface area contributed by atoms with Gasteiger partial charge in [0.1, 0.15) is 18.2 Å². The summed E-state index contributed by atoms with van der Waals surface area (Å²) in [5.41, 5.74) is 2.34. The Labute approximate surface area is 269 Å². The molecule has 1 aliphatic heterocycles. The molecule has 0 radical (unpaired) electrons.